The fraction of sp³-hybridized carbons (Fsp3) is 0.556. The van der Waals surface area contributed by atoms with E-state index in [1.165, 1.54) is 6.26 Å². The molecule has 0 spiro atoms. The van der Waals surface area contributed by atoms with Gasteiger partial charge in [-0.1, -0.05) is 19.1 Å². The molecule has 8 heteroatoms. The molecule has 1 unspecified atom stereocenters. The maximum atomic E-state index is 11.7. The summed E-state index contributed by atoms with van der Waals surface area (Å²) in [6.45, 7) is 4.42. The summed E-state index contributed by atoms with van der Waals surface area (Å²) in [5.74, 6) is 0.749. The largest absolute Gasteiger partial charge is 0.354 e. The minimum Gasteiger partial charge on any atom is -0.354 e. The maximum absolute atomic E-state index is 11.7. The minimum absolute atomic E-state index is 0.00906. The van der Waals surface area contributed by atoms with Crippen LogP contribution in [0.4, 0.5) is 5.69 Å². The van der Waals surface area contributed by atoms with E-state index in [-0.39, 0.29) is 17.7 Å². The van der Waals surface area contributed by atoms with Gasteiger partial charge in [0.15, 0.2) is 5.96 Å². The molecule has 0 radical (unpaired) electrons. The Bertz CT molecular complexity index is 717. The third-order valence-corrected chi connectivity index (χ3v) is 4.65. The van der Waals surface area contributed by atoms with Gasteiger partial charge in [0.1, 0.15) is 9.84 Å². The lowest BCUT2D eigenvalue weighted by Gasteiger charge is -2.18. The van der Waals surface area contributed by atoms with E-state index < -0.39 is 9.84 Å². The number of sulfone groups is 1. The summed E-state index contributed by atoms with van der Waals surface area (Å²) >= 11 is 0. The van der Waals surface area contributed by atoms with Gasteiger partial charge in [-0.3, -0.25) is 9.79 Å². The first kappa shape index (κ1) is 22.0. The molecule has 146 valence electrons. The van der Waals surface area contributed by atoms with E-state index >= 15 is 0 Å². The first-order valence-electron chi connectivity index (χ1n) is 8.77. The lowest BCUT2D eigenvalue weighted by atomic mass is 10.2. The number of aliphatic imine (C=N–C) groups is 1. The molecule has 1 atom stereocenters. The van der Waals surface area contributed by atoms with Crippen LogP contribution in [-0.2, 0) is 21.2 Å². The van der Waals surface area contributed by atoms with Gasteiger partial charge in [-0.15, -0.1) is 0 Å². The van der Waals surface area contributed by atoms with Crippen molar-refractivity contribution in [3.8, 4) is 0 Å². The number of hydrogen-bond donors (Lipinski definition) is 3. The Morgan fingerprint density at radius 3 is 2.65 bits per heavy atom. The zero-order valence-electron chi connectivity index (χ0n) is 16.0. The Hall–Kier alpha value is -2.09. The van der Waals surface area contributed by atoms with Crippen molar-refractivity contribution in [1.29, 1.82) is 0 Å². The lowest BCUT2D eigenvalue weighted by molar-refractivity contribution is -0.116. The minimum atomic E-state index is -2.97. The van der Waals surface area contributed by atoms with Crippen molar-refractivity contribution in [2.45, 2.75) is 45.7 Å². The molecular formula is C18H30N4O3S. The number of guanidine groups is 1. The molecule has 0 bridgehead atoms. The van der Waals surface area contributed by atoms with E-state index in [1.54, 1.807) is 7.05 Å². The number of carbonyl (C=O) groups is 1. The number of nitrogens with zero attached hydrogens (tertiary/aromatic N) is 1. The normalized spacial score (nSPS) is 13.2. The summed E-state index contributed by atoms with van der Waals surface area (Å²) in [6, 6.07) is 7.61. The number of nitrogens with one attached hydrogen (secondary N) is 3. The second kappa shape index (κ2) is 10.8. The molecular weight excluding hydrogens is 352 g/mol. The van der Waals surface area contributed by atoms with Gasteiger partial charge < -0.3 is 16.0 Å². The molecule has 0 aromatic heterocycles. The monoisotopic (exact) mass is 382 g/mol. The number of hydrogen-bond acceptors (Lipinski definition) is 4. The molecule has 26 heavy (non-hydrogen) atoms. The van der Waals surface area contributed by atoms with Gasteiger partial charge in [-0.2, -0.15) is 0 Å². The second-order valence-corrected chi connectivity index (χ2v) is 8.65. The Morgan fingerprint density at radius 2 is 2.04 bits per heavy atom. The number of anilines is 1. The average Bonchev–Trinajstić information content (AvgIpc) is 2.56. The first-order valence-corrected chi connectivity index (χ1v) is 10.8. The Balaban J connectivity index is 2.54. The third kappa shape index (κ3) is 9.41. The van der Waals surface area contributed by atoms with Crippen molar-refractivity contribution in [2.75, 3.05) is 24.4 Å². The molecule has 0 fully saturated rings. The SMILES string of the molecule is CCCC(=O)Nc1cccc(CNC(=NC)NC(C)CCS(C)(=O)=O)c1. The van der Waals surface area contributed by atoms with Gasteiger partial charge in [-0.05, 0) is 37.5 Å². The summed E-state index contributed by atoms with van der Waals surface area (Å²) in [7, 11) is -1.30. The van der Waals surface area contributed by atoms with E-state index in [0.29, 0.717) is 25.3 Å². The lowest BCUT2D eigenvalue weighted by Crippen LogP contribution is -2.42. The molecule has 1 rings (SSSR count). The van der Waals surface area contributed by atoms with Crippen LogP contribution in [0.5, 0.6) is 0 Å². The molecule has 0 saturated heterocycles. The van der Waals surface area contributed by atoms with Gasteiger partial charge in [0.25, 0.3) is 0 Å². The summed E-state index contributed by atoms with van der Waals surface area (Å²) < 4.78 is 22.5. The number of benzene rings is 1. The van der Waals surface area contributed by atoms with Crippen LogP contribution < -0.4 is 16.0 Å². The summed E-state index contributed by atoms with van der Waals surface area (Å²) in [4.78, 5) is 15.8. The van der Waals surface area contributed by atoms with Crippen LogP contribution in [0.1, 0.15) is 38.7 Å². The van der Waals surface area contributed by atoms with Gasteiger partial charge in [0, 0.05) is 38.0 Å². The van der Waals surface area contributed by atoms with E-state index in [0.717, 1.165) is 17.7 Å². The standard InChI is InChI=1S/C18H30N4O3S/c1-5-7-17(23)22-16-9-6-8-15(12-16)13-20-18(19-3)21-14(2)10-11-26(4,24)25/h6,8-9,12,14H,5,7,10-11,13H2,1-4H3,(H,22,23)(H2,19,20,21). The number of amides is 1. The van der Waals surface area contributed by atoms with Crippen molar-refractivity contribution < 1.29 is 13.2 Å². The van der Waals surface area contributed by atoms with E-state index in [1.807, 2.05) is 38.1 Å². The van der Waals surface area contributed by atoms with Crippen LogP contribution in [0.15, 0.2) is 29.3 Å². The number of carbonyl (C=O) groups excluding carboxylic acids is 1. The highest BCUT2D eigenvalue weighted by Crippen LogP contribution is 2.11. The second-order valence-electron chi connectivity index (χ2n) is 6.39. The van der Waals surface area contributed by atoms with Crippen LogP contribution in [0, 0.1) is 0 Å². The van der Waals surface area contributed by atoms with E-state index in [9.17, 15) is 13.2 Å². The quantitative estimate of drug-likeness (QED) is 0.447. The Kier molecular flexibility index (Phi) is 9.12. The van der Waals surface area contributed by atoms with Crippen molar-refractivity contribution in [2.24, 2.45) is 4.99 Å². The van der Waals surface area contributed by atoms with Gasteiger partial charge in [0.2, 0.25) is 5.91 Å². The smallest absolute Gasteiger partial charge is 0.224 e. The zero-order chi connectivity index (χ0) is 19.6. The van der Waals surface area contributed by atoms with Crippen LogP contribution in [0.25, 0.3) is 0 Å². The molecule has 7 nitrogen and oxygen atoms in total. The summed E-state index contributed by atoms with van der Waals surface area (Å²) in [5.41, 5.74) is 1.78. The van der Waals surface area contributed by atoms with Crippen molar-refractivity contribution in [3.63, 3.8) is 0 Å². The molecule has 0 heterocycles. The molecule has 0 aliphatic heterocycles. The van der Waals surface area contributed by atoms with Gasteiger partial charge >= 0.3 is 0 Å². The van der Waals surface area contributed by atoms with Gasteiger partial charge in [-0.25, -0.2) is 8.42 Å². The summed E-state index contributed by atoms with van der Waals surface area (Å²) in [5, 5.41) is 9.25. The molecule has 0 aliphatic rings. The molecule has 1 aromatic rings. The maximum Gasteiger partial charge on any atom is 0.224 e. The predicted octanol–water partition coefficient (Wildman–Crippen LogP) is 1.91. The first-order chi connectivity index (χ1) is 12.2. The summed E-state index contributed by atoms with van der Waals surface area (Å²) in [6.07, 6.45) is 3.06. The molecule has 0 saturated carbocycles. The highest BCUT2D eigenvalue weighted by atomic mass is 32.2. The van der Waals surface area contributed by atoms with Crippen molar-refractivity contribution >= 4 is 27.4 Å². The molecule has 0 aliphatic carbocycles. The molecule has 1 aromatic carbocycles. The van der Waals surface area contributed by atoms with Crippen LogP contribution in [0.3, 0.4) is 0 Å². The number of rotatable bonds is 9. The zero-order valence-corrected chi connectivity index (χ0v) is 16.8. The Labute approximate surface area is 156 Å². The highest BCUT2D eigenvalue weighted by Gasteiger charge is 2.09. The third-order valence-electron chi connectivity index (χ3n) is 3.68. The van der Waals surface area contributed by atoms with Crippen LogP contribution in [-0.4, -0.2) is 45.4 Å². The van der Waals surface area contributed by atoms with E-state index in [4.69, 9.17) is 0 Å². The van der Waals surface area contributed by atoms with Crippen molar-refractivity contribution in [1.82, 2.24) is 10.6 Å². The Morgan fingerprint density at radius 1 is 1.31 bits per heavy atom. The topological polar surface area (TPSA) is 99.7 Å². The van der Waals surface area contributed by atoms with Crippen LogP contribution >= 0.6 is 0 Å². The fourth-order valence-corrected chi connectivity index (χ4v) is 3.07. The molecule has 1 amide bonds. The molecule has 3 N–H and O–H groups in total. The average molecular weight is 383 g/mol. The van der Waals surface area contributed by atoms with E-state index in [2.05, 4.69) is 20.9 Å². The van der Waals surface area contributed by atoms with Gasteiger partial charge in [0.05, 0.1) is 5.75 Å². The van der Waals surface area contributed by atoms with Crippen molar-refractivity contribution in [3.05, 3.63) is 29.8 Å². The highest BCUT2D eigenvalue weighted by molar-refractivity contribution is 7.90. The van der Waals surface area contributed by atoms with Crippen LogP contribution in [0.2, 0.25) is 0 Å². The predicted molar refractivity (Wildman–Crippen MR) is 107 cm³/mol. The fourth-order valence-electron chi connectivity index (χ4n) is 2.29.